The lowest BCUT2D eigenvalue weighted by Crippen LogP contribution is -2.33. The van der Waals surface area contributed by atoms with Gasteiger partial charge < -0.3 is 15.2 Å². The minimum atomic E-state index is 0.156. The van der Waals surface area contributed by atoms with E-state index in [1.54, 1.807) is 19.2 Å². The Morgan fingerprint density at radius 1 is 1.28 bits per heavy atom. The van der Waals surface area contributed by atoms with Gasteiger partial charge in [-0.15, -0.1) is 0 Å². The lowest BCUT2D eigenvalue weighted by atomic mass is 9.94. The normalized spacial score (nSPS) is 18.6. The van der Waals surface area contributed by atoms with Crippen molar-refractivity contribution in [2.24, 2.45) is 0 Å². The Kier molecular flexibility index (Phi) is 4.48. The molecule has 1 aliphatic rings. The van der Waals surface area contributed by atoms with E-state index in [9.17, 15) is 5.11 Å². The molecule has 3 heteroatoms. The summed E-state index contributed by atoms with van der Waals surface area (Å²) in [6.45, 7) is 2.10. The highest BCUT2D eigenvalue weighted by molar-refractivity contribution is 5.41. The molecule has 0 bridgehead atoms. The van der Waals surface area contributed by atoms with Crippen molar-refractivity contribution in [1.29, 1.82) is 0 Å². The third-order valence-electron chi connectivity index (χ3n) is 3.79. The Bertz CT molecular complexity index is 386. The summed E-state index contributed by atoms with van der Waals surface area (Å²) in [6.07, 6.45) is 6.48. The Hall–Kier alpha value is -1.22. The highest BCUT2D eigenvalue weighted by Gasteiger charge is 2.18. The fourth-order valence-electron chi connectivity index (χ4n) is 2.72. The monoisotopic (exact) mass is 249 g/mol. The molecule has 1 aliphatic carbocycles. The molecule has 0 heterocycles. The zero-order chi connectivity index (χ0) is 13.0. The Balaban J connectivity index is 2.04. The van der Waals surface area contributed by atoms with Crippen molar-refractivity contribution in [2.45, 2.75) is 51.1 Å². The van der Waals surface area contributed by atoms with E-state index >= 15 is 0 Å². The van der Waals surface area contributed by atoms with Crippen LogP contribution in [0.25, 0.3) is 0 Å². The Morgan fingerprint density at radius 2 is 2.00 bits per heavy atom. The lowest BCUT2D eigenvalue weighted by molar-refractivity contribution is 0.341. The van der Waals surface area contributed by atoms with E-state index in [0.717, 1.165) is 11.3 Å². The SMILES string of the molecule is COc1ccc(O)c(C(C)NC2CCCCC2)c1. The number of rotatable bonds is 4. The highest BCUT2D eigenvalue weighted by atomic mass is 16.5. The molecule has 2 rings (SSSR count). The lowest BCUT2D eigenvalue weighted by Gasteiger charge is -2.27. The van der Waals surface area contributed by atoms with E-state index in [4.69, 9.17) is 4.74 Å². The first-order chi connectivity index (χ1) is 8.70. The molecule has 0 aromatic heterocycles. The first-order valence-corrected chi connectivity index (χ1v) is 6.83. The number of hydrogen-bond acceptors (Lipinski definition) is 3. The van der Waals surface area contributed by atoms with Crippen molar-refractivity contribution >= 4 is 0 Å². The topological polar surface area (TPSA) is 41.5 Å². The predicted molar refractivity (Wildman–Crippen MR) is 73.1 cm³/mol. The van der Waals surface area contributed by atoms with Crippen LogP contribution in [0, 0.1) is 0 Å². The third kappa shape index (κ3) is 3.16. The quantitative estimate of drug-likeness (QED) is 0.859. The molecule has 0 aliphatic heterocycles. The summed E-state index contributed by atoms with van der Waals surface area (Å²) in [5.74, 6) is 1.13. The minimum Gasteiger partial charge on any atom is -0.508 e. The molecule has 1 fully saturated rings. The molecule has 100 valence electrons. The number of benzene rings is 1. The van der Waals surface area contributed by atoms with E-state index in [0.29, 0.717) is 11.8 Å². The van der Waals surface area contributed by atoms with Crippen molar-refractivity contribution in [3.05, 3.63) is 23.8 Å². The molecule has 1 aromatic carbocycles. The van der Waals surface area contributed by atoms with Crippen molar-refractivity contribution in [1.82, 2.24) is 5.32 Å². The summed E-state index contributed by atoms with van der Waals surface area (Å²) in [7, 11) is 1.65. The second-order valence-corrected chi connectivity index (χ2v) is 5.15. The zero-order valence-electron chi connectivity index (χ0n) is 11.3. The second kappa shape index (κ2) is 6.10. The van der Waals surface area contributed by atoms with Gasteiger partial charge in [0.1, 0.15) is 11.5 Å². The number of hydrogen-bond donors (Lipinski definition) is 2. The summed E-state index contributed by atoms with van der Waals surface area (Å²) >= 11 is 0. The van der Waals surface area contributed by atoms with Crippen molar-refractivity contribution in [3.63, 3.8) is 0 Å². The van der Waals surface area contributed by atoms with Gasteiger partial charge in [-0.2, -0.15) is 0 Å². The van der Waals surface area contributed by atoms with Gasteiger partial charge in [0.15, 0.2) is 0 Å². The molecule has 2 N–H and O–H groups in total. The van der Waals surface area contributed by atoms with E-state index in [1.165, 1.54) is 32.1 Å². The Labute approximate surface area is 109 Å². The maximum atomic E-state index is 9.93. The van der Waals surface area contributed by atoms with Crippen molar-refractivity contribution in [2.75, 3.05) is 7.11 Å². The van der Waals surface area contributed by atoms with Crippen molar-refractivity contribution < 1.29 is 9.84 Å². The molecular formula is C15H23NO2. The molecule has 3 nitrogen and oxygen atoms in total. The fourth-order valence-corrected chi connectivity index (χ4v) is 2.72. The maximum absolute atomic E-state index is 9.93. The molecular weight excluding hydrogens is 226 g/mol. The molecule has 1 aromatic rings. The average molecular weight is 249 g/mol. The van der Waals surface area contributed by atoms with E-state index in [1.807, 2.05) is 6.07 Å². The van der Waals surface area contributed by atoms with E-state index in [2.05, 4.69) is 12.2 Å². The van der Waals surface area contributed by atoms with Crippen LogP contribution in [0.1, 0.15) is 50.6 Å². The van der Waals surface area contributed by atoms with Gasteiger partial charge in [-0.25, -0.2) is 0 Å². The number of phenolic OH excluding ortho intramolecular Hbond substituents is 1. The third-order valence-corrected chi connectivity index (χ3v) is 3.79. The molecule has 1 unspecified atom stereocenters. The second-order valence-electron chi connectivity index (χ2n) is 5.15. The molecule has 18 heavy (non-hydrogen) atoms. The molecule has 0 radical (unpaired) electrons. The van der Waals surface area contributed by atoms with E-state index < -0.39 is 0 Å². The van der Waals surface area contributed by atoms with E-state index in [-0.39, 0.29) is 6.04 Å². The summed E-state index contributed by atoms with van der Waals surface area (Å²) in [4.78, 5) is 0. The van der Waals surface area contributed by atoms with Crippen LogP contribution < -0.4 is 10.1 Å². The summed E-state index contributed by atoms with van der Waals surface area (Å²) in [6, 6.07) is 6.14. The van der Waals surface area contributed by atoms with Crippen LogP contribution in [0.5, 0.6) is 11.5 Å². The number of ether oxygens (including phenoxy) is 1. The molecule has 1 atom stereocenters. The summed E-state index contributed by atoms with van der Waals surface area (Å²) < 4.78 is 5.21. The summed E-state index contributed by atoms with van der Waals surface area (Å²) in [5.41, 5.74) is 0.917. The first-order valence-electron chi connectivity index (χ1n) is 6.83. The first kappa shape index (κ1) is 13.2. The number of aromatic hydroxyl groups is 1. The van der Waals surface area contributed by atoms with Gasteiger partial charge in [-0.3, -0.25) is 0 Å². The summed E-state index contributed by atoms with van der Waals surface area (Å²) in [5, 5.41) is 13.5. The van der Waals surface area contributed by atoms with Crippen LogP contribution in [0.2, 0.25) is 0 Å². The van der Waals surface area contributed by atoms with Crippen molar-refractivity contribution in [3.8, 4) is 11.5 Å². The maximum Gasteiger partial charge on any atom is 0.120 e. The average Bonchev–Trinajstić information content (AvgIpc) is 2.40. The van der Waals surface area contributed by atoms with Gasteiger partial charge in [-0.1, -0.05) is 19.3 Å². The van der Waals surface area contributed by atoms with Crippen LogP contribution in [0.15, 0.2) is 18.2 Å². The molecule has 0 spiro atoms. The van der Waals surface area contributed by atoms with Gasteiger partial charge in [0.2, 0.25) is 0 Å². The smallest absolute Gasteiger partial charge is 0.120 e. The van der Waals surface area contributed by atoms with Gasteiger partial charge >= 0.3 is 0 Å². The van der Waals surface area contributed by atoms with Gasteiger partial charge in [0.05, 0.1) is 7.11 Å². The van der Waals surface area contributed by atoms with Crippen LogP contribution in [0.4, 0.5) is 0 Å². The molecule has 0 amide bonds. The fraction of sp³-hybridized carbons (Fsp3) is 0.600. The standard InChI is InChI=1S/C15H23NO2/c1-11(16-12-6-4-3-5-7-12)14-10-13(18-2)8-9-15(14)17/h8-12,16-17H,3-7H2,1-2H3. The van der Waals surface area contributed by atoms with Gasteiger partial charge in [-0.05, 0) is 38.0 Å². The predicted octanol–water partition coefficient (Wildman–Crippen LogP) is 3.38. The number of methoxy groups -OCH3 is 1. The van der Waals surface area contributed by atoms with Gasteiger partial charge in [0.25, 0.3) is 0 Å². The number of nitrogens with one attached hydrogen (secondary N) is 1. The molecule has 0 saturated heterocycles. The minimum absolute atomic E-state index is 0.156. The van der Waals surface area contributed by atoms with Crippen LogP contribution in [-0.4, -0.2) is 18.3 Å². The number of phenols is 1. The largest absolute Gasteiger partial charge is 0.508 e. The Morgan fingerprint density at radius 3 is 2.67 bits per heavy atom. The van der Waals surface area contributed by atoms with Crippen LogP contribution in [0.3, 0.4) is 0 Å². The van der Waals surface area contributed by atoms with Crippen LogP contribution in [-0.2, 0) is 0 Å². The van der Waals surface area contributed by atoms with Crippen LogP contribution >= 0.6 is 0 Å². The zero-order valence-corrected chi connectivity index (χ0v) is 11.3. The highest BCUT2D eigenvalue weighted by Crippen LogP contribution is 2.29. The van der Waals surface area contributed by atoms with Gasteiger partial charge in [0, 0.05) is 17.6 Å². The molecule has 1 saturated carbocycles.